The monoisotopic (exact) mass is 489 g/mol. The van der Waals surface area contributed by atoms with Gasteiger partial charge in [0.05, 0.1) is 29.3 Å². The molecule has 1 atom stereocenters. The Morgan fingerprint density at radius 3 is 2.83 bits per heavy atom. The van der Waals surface area contributed by atoms with Crippen molar-refractivity contribution in [1.29, 1.82) is 0 Å². The number of benzene rings is 1. The molecule has 0 aliphatic carbocycles. The average molecular weight is 490 g/mol. The Morgan fingerprint density at radius 2 is 2.13 bits per heavy atom. The lowest BCUT2D eigenvalue weighted by molar-refractivity contribution is -0.126. The van der Waals surface area contributed by atoms with Gasteiger partial charge in [-0.2, -0.15) is 0 Å². The summed E-state index contributed by atoms with van der Waals surface area (Å²) in [5.74, 6) is -0.328. The van der Waals surface area contributed by atoms with Crippen LogP contribution in [0.4, 0.5) is 5.13 Å². The minimum absolute atomic E-state index is 0.110. The SMILES string of the molecule is CC(=O)Nc1nnc(SN(C[C@@H]2CN(Cc3ccc(Cl)c(Cl)c3)CCO2)C(C)=O)s1. The van der Waals surface area contributed by atoms with E-state index in [0.29, 0.717) is 39.2 Å². The number of amides is 2. The van der Waals surface area contributed by atoms with Crippen LogP contribution < -0.4 is 5.32 Å². The number of morpholine rings is 1. The van der Waals surface area contributed by atoms with Gasteiger partial charge < -0.3 is 10.1 Å². The smallest absolute Gasteiger partial charge is 0.229 e. The standard InChI is InChI=1S/C18H21Cl2N5O3S2/c1-11(26)21-17-22-23-18(29-17)30-25(12(2)27)10-14-9-24(5-6-28-14)8-13-3-4-15(19)16(20)7-13/h3-4,7,14H,5-6,8-10H2,1-2H3,(H,21,22,26)/t14-/m0/s1. The zero-order valence-corrected chi connectivity index (χ0v) is 19.6. The molecular formula is C18H21Cl2N5O3S2. The third kappa shape index (κ3) is 6.79. The maximum atomic E-state index is 12.1. The molecule has 3 rings (SSSR count). The van der Waals surface area contributed by atoms with Crippen molar-refractivity contribution in [3.05, 3.63) is 33.8 Å². The van der Waals surface area contributed by atoms with E-state index in [-0.39, 0.29) is 17.9 Å². The highest BCUT2D eigenvalue weighted by Gasteiger charge is 2.25. The lowest BCUT2D eigenvalue weighted by atomic mass is 10.2. The van der Waals surface area contributed by atoms with E-state index in [4.69, 9.17) is 27.9 Å². The van der Waals surface area contributed by atoms with Crippen molar-refractivity contribution >= 4 is 63.4 Å². The zero-order valence-electron chi connectivity index (χ0n) is 16.4. The molecule has 0 unspecified atom stereocenters. The summed E-state index contributed by atoms with van der Waals surface area (Å²) in [7, 11) is 0. The summed E-state index contributed by atoms with van der Waals surface area (Å²) >= 11 is 14.5. The molecule has 162 valence electrons. The molecule has 2 heterocycles. The topological polar surface area (TPSA) is 87.7 Å². The number of ether oxygens (including phenoxy) is 1. The van der Waals surface area contributed by atoms with E-state index < -0.39 is 0 Å². The molecular weight excluding hydrogens is 469 g/mol. The molecule has 2 aromatic rings. The highest BCUT2D eigenvalue weighted by atomic mass is 35.5. The fourth-order valence-corrected chi connectivity index (χ4v) is 5.02. The molecule has 1 fully saturated rings. The average Bonchev–Trinajstić information content (AvgIpc) is 3.10. The summed E-state index contributed by atoms with van der Waals surface area (Å²) in [4.78, 5) is 25.5. The number of nitrogens with one attached hydrogen (secondary N) is 1. The maximum absolute atomic E-state index is 12.1. The zero-order chi connectivity index (χ0) is 21.7. The molecule has 0 saturated carbocycles. The van der Waals surface area contributed by atoms with Crippen molar-refractivity contribution in [3.63, 3.8) is 0 Å². The second-order valence-corrected chi connectivity index (χ2v) is 9.76. The lowest BCUT2D eigenvalue weighted by Crippen LogP contribution is -2.46. The van der Waals surface area contributed by atoms with Crippen LogP contribution in [0.15, 0.2) is 22.5 Å². The summed E-state index contributed by atoms with van der Waals surface area (Å²) in [6.45, 7) is 6.08. The molecule has 1 saturated heterocycles. The Morgan fingerprint density at radius 1 is 1.33 bits per heavy atom. The fourth-order valence-electron chi connectivity index (χ4n) is 2.89. The molecule has 0 radical (unpaired) electrons. The number of nitrogens with zero attached hydrogens (tertiary/aromatic N) is 4. The molecule has 1 aliphatic heterocycles. The first-order chi connectivity index (χ1) is 14.3. The Balaban J connectivity index is 1.58. The summed E-state index contributed by atoms with van der Waals surface area (Å²) in [5.41, 5.74) is 1.07. The van der Waals surface area contributed by atoms with Gasteiger partial charge in [0.2, 0.25) is 16.9 Å². The van der Waals surface area contributed by atoms with Crippen molar-refractivity contribution in [3.8, 4) is 0 Å². The van der Waals surface area contributed by atoms with Crippen LogP contribution in [-0.2, 0) is 20.9 Å². The maximum Gasteiger partial charge on any atom is 0.229 e. The van der Waals surface area contributed by atoms with Crippen LogP contribution in [0.25, 0.3) is 0 Å². The van der Waals surface area contributed by atoms with E-state index in [0.717, 1.165) is 18.7 Å². The van der Waals surface area contributed by atoms with E-state index in [9.17, 15) is 9.59 Å². The number of hydrogen-bond donors (Lipinski definition) is 1. The minimum Gasteiger partial charge on any atom is -0.374 e. The van der Waals surface area contributed by atoms with E-state index >= 15 is 0 Å². The quantitative estimate of drug-likeness (QED) is 0.469. The van der Waals surface area contributed by atoms with Crippen LogP contribution >= 0.6 is 46.5 Å². The van der Waals surface area contributed by atoms with E-state index in [1.165, 1.54) is 37.1 Å². The molecule has 8 nitrogen and oxygen atoms in total. The van der Waals surface area contributed by atoms with Gasteiger partial charge >= 0.3 is 0 Å². The number of carbonyl (C=O) groups is 2. The Kier molecular flexibility index (Phi) is 8.32. The van der Waals surface area contributed by atoms with Crippen LogP contribution in [0.5, 0.6) is 0 Å². The highest BCUT2D eigenvalue weighted by Crippen LogP contribution is 2.29. The van der Waals surface area contributed by atoms with Gasteiger partial charge in [-0.25, -0.2) is 0 Å². The molecule has 0 bridgehead atoms. The molecule has 0 spiro atoms. The van der Waals surface area contributed by atoms with Gasteiger partial charge in [0.15, 0.2) is 4.34 Å². The van der Waals surface area contributed by atoms with Gasteiger partial charge in [-0.05, 0) is 17.7 Å². The predicted molar refractivity (Wildman–Crippen MR) is 119 cm³/mol. The van der Waals surface area contributed by atoms with Gasteiger partial charge in [-0.15, -0.1) is 10.2 Å². The van der Waals surface area contributed by atoms with E-state index in [1.54, 1.807) is 10.4 Å². The van der Waals surface area contributed by atoms with E-state index in [2.05, 4.69) is 20.4 Å². The fraction of sp³-hybridized carbons (Fsp3) is 0.444. The van der Waals surface area contributed by atoms with Crippen molar-refractivity contribution in [1.82, 2.24) is 19.4 Å². The summed E-state index contributed by atoms with van der Waals surface area (Å²) in [5, 5.41) is 12.0. The van der Waals surface area contributed by atoms with E-state index in [1.807, 2.05) is 12.1 Å². The molecule has 30 heavy (non-hydrogen) atoms. The number of aromatic nitrogens is 2. The number of hydrogen-bond acceptors (Lipinski definition) is 8. The number of halogens is 2. The van der Waals surface area contributed by atoms with Gasteiger partial charge in [0, 0.05) is 45.4 Å². The summed E-state index contributed by atoms with van der Waals surface area (Å²) < 4.78 is 8.05. The second kappa shape index (κ2) is 10.7. The van der Waals surface area contributed by atoms with Gasteiger partial charge in [-0.1, -0.05) is 40.6 Å². The molecule has 1 aromatic carbocycles. The van der Waals surface area contributed by atoms with Crippen LogP contribution in [0.2, 0.25) is 10.0 Å². The third-order valence-corrected chi connectivity index (χ3v) is 6.92. The Hall–Kier alpha value is -1.43. The predicted octanol–water partition coefficient (Wildman–Crippen LogP) is 3.56. The van der Waals surface area contributed by atoms with Crippen LogP contribution in [0, 0.1) is 0 Å². The Bertz CT molecular complexity index is 914. The van der Waals surface area contributed by atoms with Gasteiger partial charge in [0.1, 0.15) is 0 Å². The van der Waals surface area contributed by atoms with Crippen LogP contribution in [0.3, 0.4) is 0 Å². The lowest BCUT2D eigenvalue weighted by Gasteiger charge is -2.35. The number of anilines is 1. The van der Waals surface area contributed by atoms with Crippen LogP contribution in [0.1, 0.15) is 19.4 Å². The Labute approximate surface area is 193 Å². The number of rotatable bonds is 7. The first-order valence-corrected chi connectivity index (χ1v) is 11.5. The largest absolute Gasteiger partial charge is 0.374 e. The molecule has 12 heteroatoms. The molecule has 1 aromatic heterocycles. The second-order valence-electron chi connectivity index (χ2n) is 6.70. The molecule has 1 N–H and O–H groups in total. The van der Waals surface area contributed by atoms with Gasteiger partial charge in [-0.3, -0.25) is 18.8 Å². The van der Waals surface area contributed by atoms with Crippen LogP contribution in [-0.4, -0.2) is 63.6 Å². The van der Waals surface area contributed by atoms with Crippen molar-refractivity contribution in [2.24, 2.45) is 0 Å². The van der Waals surface area contributed by atoms with Crippen molar-refractivity contribution < 1.29 is 14.3 Å². The first kappa shape index (κ1) is 23.2. The molecule has 1 aliphatic rings. The third-order valence-electron chi connectivity index (χ3n) is 4.21. The first-order valence-electron chi connectivity index (χ1n) is 9.15. The minimum atomic E-state index is -0.219. The summed E-state index contributed by atoms with van der Waals surface area (Å²) in [6.07, 6.45) is -0.138. The summed E-state index contributed by atoms with van der Waals surface area (Å²) in [6, 6.07) is 5.62. The highest BCUT2D eigenvalue weighted by molar-refractivity contribution is 7.99. The van der Waals surface area contributed by atoms with Gasteiger partial charge in [0.25, 0.3) is 0 Å². The normalized spacial score (nSPS) is 17.0. The number of carbonyl (C=O) groups excluding carboxylic acids is 2. The molecule has 2 amide bonds. The van der Waals surface area contributed by atoms with Crippen molar-refractivity contribution in [2.45, 2.75) is 30.8 Å². The van der Waals surface area contributed by atoms with Crippen molar-refractivity contribution in [2.75, 3.05) is 31.6 Å².